The first-order chi connectivity index (χ1) is 10.0. The maximum Gasteiger partial charge on any atom is 0.221 e. The van der Waals surface area contributed by atoms with E-state index in [0.717, 1.165) is 11.4 Å². The summed E-state index contributed by atoms with van der Waals surface area (Å²) in [6.45, 7) is 1.46. The monoisotopic (exact) mass is 319 g/mol. The van der Waals surface area contributed by atoms with Crippen LogP contribution in [0, 0.1) is 0 Å². The molecule has 0 aliphatic carbocycles. The third-order valence-corrected chi connectivity index (χ3v) is 2.96. The first kappa shape index (κ1) is 15.3. The molecule has 0 fully saturated rings. The van der Waals surface area contributed by atoms with E-state index in [9.17, 15) is 4.79 Å². The van der Waals surface area contributed by atoms with Crippen LogP contribution in [0.2, 0.25) is 5.02 Å². The van der Waals surface area contributed by atoms with Crippen LogP contribution >= 0.6 is 23.8 Å². The van der Waals surface area contributed by atoms with Crippen molar-refractivity contribution >= 4 is 51.9 Å². The van der Waals surface area contributed by atoms with E-state index in [0.29, 0.717) is 15.8 Å². The standard InChI is InChI=1S/C15H14ClN3OS/c1-10(20)17-13-6-3-7-14(9-13)19-15(21)18-12-5-2-4-11(16)8-12/h2-9H,1H3,(H,17,20)(H2,18,19,21). The zero-order valence-corrected chi connectivity index (χ0v) is 12.9. The average molecular weight is 320 g/mol. The van der Waals surface area contributed by atoms with Gasteiger partial charge >= 0.3 is 0 Å². The van der Waals surface area contributed by atoms with Gasteiger partial charge in [0.15, 0.2) is 5.11 Å². The van der Waals surface area contributed by atoms with Crippen molar-refractivity contribution < 1.29 is 4.79 Å². The second-order valence-corrected chi connectivity index (χ2v) is 5.20. The smallest absolute Gasteiger partial charge is 0.221 e. The molecule has 0 saturated carbocycles. The van der Waals surface area contributed by atoms with Crippen molar-refractivity contribution in [1.82, 2.24) is 0 Å². The highest BCUT2D eigenvalue weighted by Gasteiger charge is 2.01. The second-order valence-electron chi connectivity index (χ2n) is 4.35. The van der Waals surface area contributed by atoms with E-state index in [1.807, 2.05) is 24.3 Å². The quantitative estimate of drug-likeness (QED) is 0.745. The zero-order valence-electron chi connectivity index (χ0n) is 11.3. The second kappa shape index (κ2) is 7.06. The molecule has 0 aromatic heterocycles. The lowest BCUT2D eigenvalue weighted by molar-refractivity contribution is -0.114. The summed E-state index contributed by atoms with van der Waals surface area (Å²) in [5.41, 5.74) is 2.29. The lowest BCUT2D eigenvalue weighted by Gasteiger charge is -2.12. The highest BCUT2D eigenvalue weighted by molar-refractivity contribution is 7.80. The van der Waals surface area contributed by atoms with Gasteiger partial charge in [-0.15, -0.1) is 0 Å². The van der Waals surface area contributed by atoms with Gasteiger partial charge in [-0.3, -0.25) is 4.79 Å². The molecule has 6 heteroatoms. The summed E-state index contributed by atoms with van der Waals surface area (Å²) < 4.78 is 0. The van der Waals surface area contributed by atoms with E-state index in [1.165, 1.54) is 6.92 Å². The number of amides is 1. The first-order valence-electron chi connectivity index (χ1n) is 6.24. The average Bonchev–Trinajstić information content (AvgIpc) is 2.37. The minimum Gasteiger partial charge on any atom is -0.332 e. The summed E-state index contributed by atoms with van der Waals surface area (Å²) in [5.74, 6) is -0.119. The molecule has 0 bridgehead atoms. The Kier molecular flexibility index (Phi) is 5.14. The number of rotatable bonds is 3. The fraction of sp³-hybridized carbons (Fsp3) is 0.0667. The van der Waals surface area contributed by atoms with E-state index in [-0.39, 0.29) is 5.91 Å². The summed E-state index contributed by atoms with van der Waals surface area (Å²) in [7, 11) is 0. The number of carbonyl (C=O) groups is 1. The van der Waals surface area contributed by atoms with Gasteiger partial charge in [-0.1, -0.05) is 23.7 Å². The highest BCUT2D eigenvalue weighted by atomic mass is 35.5. The maximum atomic E-state index is 11.0. The lowest BCUT2D eigenvalue weighted by Crippen LogP contribution is -2.19. The molecule has 0 aliphatic rings. The SMILES string of the molecule is CC(=O)Nc1cccc(NC(=S)Nc2cccc(Cl)c2)c1. The molecule has 0 aliphatic heterocycles. The van der Waals surface area contributed by atoms with Gasteiger partial charge in [-0.2, -0.15) is 0 Å². The first-order valence-corrected chi connectivity index (χ1v) is 7.03. The van der Waals surface area contributed by atoms with Crippen LogP contribution in [0.3, 0.4) is 0 Å². The Hall–Kier alpha value is -2.11. The number of carbonyl (C=O) groups excluding carboxylic acids is 1. The van der Waals surface area contributed by atoms with E-state index < -0.39 is 0 Å². The zero-order chi connectivity index (χ0) is 15.2. The Labute approximate surface area is 133 Å². The Morgan fingerprint density at radius 2 is 1.48 bits per heavy atom. The third-order valence-electron chi connectivity index (χ3n) is 2.52. The van der Waals surface area contributed by atoms with Crippen molar-refractivity contribution in [2.45, 2.75) is 6.92 Å². The number of anilines is 3. The molecule has 2 rings (SSSR count). The molecule has 108 valence electrons. The molecule has 3 N–H and O–H groups in total. The summed E-state index contributed by atoms with van der Waals surface area (Å²) in [5, 5.41) is 9.88. The van der Waals surface area contributed by atoms with Crippen LogP contribution < -0.4 is 16.0 Å². The van der Waals surface area contributed by atoms with E-state index in [2.05, 4.69) is 16.0 Å². The number of hydrogen-bond donors (Lipinski definition) is 3. The molecule has 2 aromatic carbocycles. The molecular formula is C15H14ClN3OS. The lowest BCUT2D eigenvalue weighted by atomic mass is 10.2. The van der Waals surface area contributed by atoms with Crippen LogP contribution in [0.1, 0.15) is 6.92 Å². The molecule has 0 spiro atoms. The molecule has 21 heavy (non-hydrogen) atoms. The number of halogens is 1. The van der Waals surface area contributed by atoms with Gasteiger partial charge in [0.2, 0.25) is 5.91 Å². The summed E-state index contributed by atoms with van der Waals surface area (Å²) in [6.07, 6.45) is 0. The van der Waals surface area contributed by atoms with Crippen LogP contribution in [0.4, 0.5) is 17.1 Å². The third kappa shape index (κ3) is 5.06. The predicted octanol–water partition coefficient (Wildman–Crippen LogP) is 4.11. The molecule has 2 aromatic rings. The van der Waals surface area contributed by atoms with Crippen molar-refractivity contribution in [3.05, 3.63) is 53.6 Å². The summed E-state index contributed by atoms with van der Waals surface area (Å²) >= 11 is 11.2. The van der Waals surface area contributed by atoms with Gasteiger partial charge in [0.1, 0.15) is 0 Å². The maximum absolute atomic E-state index is 11.0. The topological polar surface area (TPSA) is 53.2 Å². The minimum absolute atomic E-state index is 0.119. The van der Waals surface area contributed by atoms with Gasteiger partial charge in [0.05, 0.1) is 0 Å². The van der Waals surface area contributed by atoms with Crippen molar-refractivity contribution in [1.29, 1.82) is 0 Å². The fourth-order valence-electron chi connectivity index (χ4n) is 1.74. The van der Waals surface area contributed by atoms with E-state index in [1.54, 1.807) is 24.3 Å². The van der Waals surface area contributed by atoms with Gasteiger partial charge in [-0.05, 0) is 48.6 Å². The van der Waals surface area contributed by atoms with E-state index >= 15 is 0 Å². The van der Waals surface area contributed by atoms with Crippen molar-refractivity contribution in [2.75, 3.05) is 16.0 Å². The van der Waals surface area contributed by atoms with Crippen LogP contribution in [0.15, 0.2) is 48.5 Å². The number of nitrogens with one attached hydrogen (secondary N) is 3. The van der Waals surface area contributed by atoms with Crippen molar-refractivity contribution in [3.63, 3.8) is 0 Å². The number of thiocarbonyl (C=S) groups is 1. The number of hydrogen-bond acceptors (Lipinski definition) is 2. The van der Waals surface area contributed by atoms with Gasteiger partial charge in [-0.25, -0.2) is 0 Å². The van der Waals surface area contributed by atoms with Crippen LogP contribution in [0.5, 0.6) is 0 Å². The summed E-state index contributed by atoms with van der Waals surface area (Å²) in [6, 6.07) is 14.6. The Morgan fingerprint density at radius 1 is 0.952 bits per heavy atom. The highest BCUT2D eigenvalue weighted by Crippen LogP contribution is 2.17. The predicted molar refractivity (Wildman–Crippen MR) is 92.0 cm³/mol. The minimum atomic E-state index is -0.119. The molecule has 4 nitrogen and oxygen atoms in total. The van der Waals surface area contributed by atoms with Crippen LogP contribution in [-0.4, -0.2) is 11.0 Å². The fourth-order valence-corrected chi connectivity index (χ4v) is 2.16. The van der Waals surface area contributed by atoms with Crippen LogP contribution in [-0.2, 0) is 4.79 Å². The van der Waals surface area contributed by atoms with Gasteiger partial charge in [0.25, 0.3) is 0 Å². The molecule has 0 saturated heterocycles. The van der Waals surface area contributed by atoms with Crippen molar-refractivity contribution in [2.24, 2.45) is 0 Å². The summed E-state index contributed by atoms with van der Waals surface area (Å²) in [4.78, 5) is 11.0. The molecule has 0 heterocycles. The number of benzene rings is 2. The Morgan fingerprint density at radius 3 is 2.05 bits per heavy atom. The molecule has 1 amide bonds. The normalized spacial score (nSPS) is 9.81. The van der Waals surface area contributed by atoms with Crippen LogP contribution in [0.25, 0.3) is 0 Å². The van der Waals surface area contributed by atoms with Gasteiger partial charge in [0, 0.05) is 29.0 Å². The van der Waals surface area contributed by atoms with E-state index in [4.69, 9.17) is 23.8 Å². The Balaban J connectivity index is 2.01. The van der Waals surface area contributed by atoms with Crippen molar-refractivity contribution in [3.8, 4) is 0 Å². The molecule has 0 radical (unpaired) electrons. The van der Waals surface area contributed by atoms with Gasteiger partial charge < -0.3 is 16.0 Å². The molecular weight excluding hydrogens is 306 g/mol. The molecule has 0 atom stereocenters. The molecule has 0 unspecified atom stereocenters. The Bertz CT molecular complexity index is 675. The largest absolute Gasteiger partial charge is 0.332 e.